The number of thiol groups is 1. The third kappa shape index (κ3) is 5.38. The van der Waals surface area contributed by atoms with Crippen molar-refractivity contribution >= 4 is 30.4 Å². The number of carbonyl (C=O) groups is 3. The number of carboxylic acid groups (broad SMARTS) is 1. The van der Waals surface area contributed by atoms with Gasteiger partial charge in [-0.15, -0.1) is 0 Å². The van der Waals surface area contributed by atoms with Crippen molar-refractivity contribution in [3.8, 4) is 0 Å². The van der Waals surface area contributed by atoms with Gasteiger partial charge in [-0.3, -0.25) is 14.4 Å². The van der Waals surface area contributed by atoms with Crippen molar-refractivity contribution in [1.82, 2.24) is 10.2 Å². The Hall–Kier alpha value is -2.80. The van der Waals surface area contributed by atoms with Crippen LogP contribution in [-0.4, -0.2) is 46.1 Å². The molecule has 2 aromatic rings. The van der Waals surface area contributed by atoms with E-state index >= 15 is 0 Å². The molecule has 2 atom stereocenters. The predicted molar refractivity (Wildman–Crippen MR) is 113 cm³/mol. The molecule has 152 valence electrons. The van der Waals surface area contributed by atoms with Crippen LogP contribution in [0.15, 0.2) is 54.6 Å². The molecule has 0 fully saturated rings. The molecule has 7 heteroatoms. The van der Waals surface area contributed by atoms with Gasteiger partial charge in [-0.05, 0) is 23.1 Å². The van der Waals surface area contributed by atoms with E-state index in [-0.39, 0.29) is 24.3 Å². The highest BCUT2D eigenvalue weighted by atomic mass is 32.1. The fourth-order valence-electron chi connectivity index (χ4n) is 3.56. The summed E-state index contributed by atoms with van der Waals surface area (Å²) in [5, 5.41) is 12.0. The Morgan fingerprint density at radius 2 is 1.76 bits per heavy atom. The summed E-state index contributed by atoms with van der Waals surface area (Å²) in [5.41, 5.74) is 2.85. The molecule has 0 aromatic heterocycles. The summed E-state index contributed by atoms with van der Waals surface area (Å²) in [6.45, 7) is -0.187. The minimum atomic E-state index is -1.08. The lowest BCUT2D eigenvalue weighted by Crippen LogP contribution is -2.51. The van der Waals surface area contributed by atoms with Gasteiger partial charge in [0, 0.05) is 18.7 Å². The van der Waals surface area contributed by atoms with Gasteiger partial charge in [-0.2, -0.15) is 12.6 Å². The highest BCUT2D eigenvalue weighted by Gasteiger charge is 2.33. The number of amides is 2. The number of aliphatic carboxylic acids is 1. The maximum atomic E-state index is 13.0. The van der Waals surface area contributed by atoms with Gasteiger partial charge >= 0.3 is 5.97 Å². The zero-order valence-corrected chi connectivity index (χ0v) is 16.8. The maximum Gasteiger partial charge on any atom is 0.323 e. The molecule has 0 unspecified atom stereocenters. The smallest absolute Gasteiger partial charge is 0.323 e. The van der Waals surface area contributed by atoms with Gasteiger partial charge in [0.2, 0.25) is 11.8 Å². The van der Waals surface area contributed by atoms with E-state index in [0.717, 1.165) is 16.7 Å². The van der Waals surface area contributed by atoms with Crippen molar-refractivity contribution < 1.29 is 19.5 Å². The molecule has 0 spiro atoms. The van der Waals surface area contributed by atoms with Crippen LogP contribution in [0, 0.1) is 5.92 Å². The minimum absolute atomic E-state index is 0.216. The van der Waals surface area contributed by atoms with Gasteiger partial charge in [0.1, 0.15) is 12.6 Å². The van der Waals surface area contributed by atoms with E-state index in [1.165, 1.54) is 4.90 Å². The van der Waals surface area contributed by atoms with E-state index in [4.69, 9.17) is 0 Å². The van der Waals surface area contributed by atoms with E-state index in [1.54, 1.807) is 0 Å². The summed E-state index contributed by atoms with van der Waals surface area (Å²) >= 11 is 4.32. The van der Waals surface area contributed by atoms with Crippen LogP contribution in [0.25, 0.3) is 0 Å². The Balaban J connectivity index is 1.78. The Morgan fingerprint density at radius 1 is 1.10 bits per heavy atom. The van der Waals surface area contributed by atoms with Crippen LogP contribution in [-0.2, 0) is 33.8 Å². The van der Waals surface area contributed by atoms with Gasteiger partial charge in [0.05, 0.1) is 5.92 Å². The fraction of sp³-hybridized carbons (Fsp3) is 0.318. The molecule has 1 heterocycles. The van der Waals surface area contributed by atoms with Crippen molar-refractivity contribution in [2.24, 2.45) is 5.92 Å². The lowest BCUT2D eigenvalue weighted by molar-refractivity contribution is -0.146. The second-order valence-corrected chi connectivity index (χ2v) is 7.56. The normalized spacial score (nSPS) is 17.2. The average molecular weight is 413 g/mol. The number of carbonyl (C=O) groups excluding carboxylic acids is 2. The SMILES string of the molecule is O=C(O)CN1Cc2ccccc2C[C@H](NC(=O)[C@@H](CS)Cc2ccccc2)C1=O. The molecular formula is C22H24N2O4S. The third-order valence-electron chi connectivity index (χ3n) is 5.07. The van der Waals surface area contributed by atoms with Crippen LogP contribution in [0.4, 0.5) is 0 Å². The third-order valence-corrected chi connectivity index (χ3v) is 5.51. The summed E-state index contributed by atoms with van der Waals surface area (Å²) in [6, 6.07) is 16.4. The van der Waals surface area contributed by atoms with Gasteiger partial charge in [-0.25, -0.2) is 0 Å². The van der Waals surface area contributed by atoms with Crippen molar-refractivity contribution in [2.45, 2.75) is 25.4 Å². The van der Waals surface area contributed by atoms with Crippen molar-refractivity contribution in [1.29, 1.82) is 0 Å². The largest absolute Gasteiger partial charge is 0.480 e. The van der Waals surface area contributed by atoms with Crippen LogP contribution in [0.1, 0.15) is 16.7 Å². The number of rotatable bonds is 7. The number of carboxylic acids is 1. The molecule has 0 aliphatic carbocycles. The molecule has 1 aliphatic heterocycles. The molecule has 2 amide bonds. The van der Waals surface area contributed by atoms with Crippen molar-refractivity contribution in [3.05, 3.63) is 71.3 Å². The Morgan fingerprint density at radius 3 is 2.41 bits per heavy atom. The van der Waals surface area contributed by atoms with E-state index in [2.05, 4.69) is 17.9 Å². The Labute approximate surface area is 175 Å². The minimum Gasteiger partial charge on any atom is -0.480 e. The summed E-state index contributed by atoms with van der Waals surface area (Å²) in [6.07, 6.45) is 0.855. The van der Waals surface area contributed by atoms with E-state index in [1.807, 2.05) is 54.6 Å². The maximum absolute atomic E-state index is 13.0. The summed E-state index contributed by atoms with van der Waals surface area (Å²) < 4.78 is 0. The average Bonchev–Trinajstić information content (AvgIpc) is 2.83. The standard InChI is InChI=1S/C22H24N2O4S/c25-20(26)13-24-12-17-9-5-4-8-16(17)11-19(22(24)28)23-21(27)18(14-29)10-15-6-2-1-3-7-15/h1-9,18-19,29H,10-14H2,(H,23,27)(H,25,26)/t18-,19+/m1/s1. The van der Waals surface area contributed by atoms with Crippen molar-refractivity contribution in [2.75, 3.05) is 12.3 Å². The highest BCUT2D eigenvalue weighted by molar-refractivity contribution is 7.80. The zero-order valence-electron chi connectivity index (χ0n) is 16.0. The van der Waals surface area contributed by atoms with Gasteiger partial charge in [-0.1, -0.05) is 54.6 Å². The van der Waals surface area contributed by atoms with Gasteiger partial charge in [0.15, 0.2) is 0 Å². The van der Waals surface area contributed by atoms with Gasteiger partial charge < -0.3 is 15.3 Å². The molecule has 0 saturated heterocycles. The van der Waals surface area contributed by atoms with E-state index in [9.17, 15) is 19.5 Å². The molecule has 2 aromatic carbocycles. The van der Waals surface area contributed by atoms with E-state index < -0.39 is 18.6 Å². The molecule has 1 aliphatic rings. The predicted octanol–water partition coefficient (Wildman–Crippen LogP) is 1.93. The molecule has 3 rings (SSSR count). The van der Waals surface area contributed by atoms with Crippen molar-refractivity contribution in [3.63, 3.8) is 0 Å². The lowest BCUT2D eigenvalue weighted by Gasteiger charge is -2.25. The fourth-order valence-corrected chi connectivity index (χ4v) is 3.86. The number of benzene rings is 2. The monoisotopic (exact) mass is 412 g/mol. The zero-order chi connectivity index (χ0) is 20.8. The topological polar surface area (TPSA) is 86.7 Å². The molecular weight excluding hydrogens is 388 g/mol. The Bertz CT molecular complexity index is 887. The number of nitrogens with zero attached hydrogens (tertiary/aromatic N) is 1. The van der Waals surface area contributed by atoms with E-state index in [0.29, 0.717) is 18.6 Å². The molecule has 0 bridgehead atoms. The van der Waals surface area contributed by atoms with Gasteiger partial charge in [0.25, 0.3) is 0 Å². The van der Waals surface area contributed by atoms with Crippen LogP contribution in [0.2, 0.25) is 0 Å². The number of hydrogen-bond acceptors (Lipinski definition) is 4. The second-order valence-electron chi connectivity index (χ2n) is 7.19. The number of nitrogens with one attached hydrogen (secondary N) is 1. The first-order valence-electron chi connectivity index (χ1n) is 9.50. The number of hydrogen-bond donors (Lipinski definition) is 3. The summed E-state index contributed by atoms with van der Waals surface area (Å²) in [5.74, 6) is -1.76. The first-order chi connectivity index (χ1) is 14.0. The first kappa shape index (κ1) is 20.9. The van der Waals surface area contributed by atoms with Crippen LogP contribution in [0.5, 0.6) is 0 Å². The molecule has 6 nitrogen and oxygen atoms in total. The molecule has 2 N–H and O–H groups in total. The molecule has 0 saturated carbocycles. The lowest BCUT2D eigenvalue weighted by atomic mass is 9.98. The second kappa shape index (κ2) is 9.60. The highest BCUT2D eigenvalue weighted by Crippen LogP contribution is 2.20. The van der Waals surface area contributed by atoms with Crippen LogP contribution < -0.4 is 5.32 Å². The first-order valence-corrected chi connectivity index (χ1v) is 10.1. The number of fused-ring (bicyclic) bond motifs is 1. The quantitative estimate of drug-likeness (QED) is 0.607. The molecule has 29 heavy (non-hydrogen) atoms. The van der Waals surface area contributed by atoms with Crippen LogP contribution in [0.3, 0.4) is 0 Å². The summed E-state index contributed by atoms with van der Waals surface area (Å²) in [4.78, 5) is 38.4. The summed E-state index contributed by atoms with van der Waals surface area (Å²) in [7, 11) is 0. The Kier molecular flexibility index (Phi) is 6.93. The van der Waals surface area contributed by atoms with Crippen LogP contribution >= 0.6 is 12.6 Å². The molecule has 0 radical (unpaired) electrons.